The highest BCUT2D eigenvalue weighted by Gasteiger charge is 2.19. The number of anilines is 1. The third kappa shape index (κ3) is 4.76. The third-order valence-electron chi connectivity index (χ3n) is 4.48. The van der Waals surface area contributed by atoms with Gasteiger partial charge in [-0.1, -0.05) is 58.3 Å². The van der Waals surface area contributed by atoms with Crippen LogP contribution in [0.5, 0.6) is 0 Å². The van der Waals surface area contributed by atoms with Crippen LogP contribution in [0, 0.1) is 10.1 Å². The second-order valence-corrected chi connectivity index (χ2v) is 8.87. The van der Waals surface area contributed by atoms with Gasteiger partial charge in [0.15, 0.2) is 5.13 Å². The number of nitro benzene ring substituents is 1. The molecule has 0 saturated heterocycles. The van der Waals surface area contributed by atoms with Crippen LogP contribution in [0.1, 0.15) is 10.4 Å². The van der Waals surface area contributed by atoms with Gasteiger partial charge < -0.3 is 0 Å². The first kappa shape index (κ1) is 22.2. The van der Waals surface area contributed by atoms with Gasteiger partial charge in [0, 0.05) is 27.7 Å². The SMILES string of the molecule is O=C(Nc1nc(-c2ccc(Cl)cc2)c(-c2ccc([N+](=O)[O-])cc2)s1)c1ccc(Cl)cc1Cl. The number of aromatic nitrogens is 1. The van der Waals surface area contributed by atoms with E-state index < -0.39 is 10.8 Å². The van der Waals surface area contributed by atoms with E-state index in [0.717, 1.165) is 16.0 Å². The van der Waals surface area contributed by atoms with E-state index in [9.17, 15) is 14.9 Å². The van der Waals surface area contributed by atoms with E-state index in [1.807, 2.05) is 12.1 Å². The van der Waals surface area contributed by atoms with E-state index in [1.54, 1.807) is 30.3 Å². The molecule has 0 radical (unpaired) electrons. The summed E-state index contributed by atoms with van der Waals surface area (Å²) in [5.41, 5.74) is 2.36. The molecule has 0 aliphatic rings. The van der Waals surface area contributed by atoms with Crippen LogP contribution in [0.4, 0.5) is 10.8 Å². The van der Waals surface area contributed by atoms with Crippen LogP contribution in [0.2, 0.25) is 15.1 Å². The van der Waals surface area contributed by atoms with Crippen molar-refractivity contribution in [2.45, 2.75) is 0 Å². The summed E-state index contributed by atoms with van der Waals surface area (Å²) in [5.74, 6) is -0.432. The molecule has 0 saturated carbocycles. The largest absolute Gasteiger partial charge is 0.298 e. The van der Waals surface area contributed by atoms with Crippen molar-refractivity contribution < 1.29 is 9.72 Å². The van der Waals surface area contributed by atoms with Crippen molar-refractivity contribution in [1.29, 1.82) is 0 Å². The number of carbonyl (C=O) groups is 1. The molecule has 1 heterocycles. The molecule has 0 atom stereocenters. The molecule has 10 heteroatoms. The van der Waals surface area contributed by atoms with Gasteiger partial charge in [0.05, 0.1) is 26.1 Å². The van der Waals surface area contributed by atoms with E-state index in [1.165, 1.54) is 35.6 Å². The summed E-state index contributed by atoms with van der Waals surface area (Å²) in [5, 5.41) is 15.3. The topological polar surface area (TPSA) is 85.1 Å². The smallest absolute Gasteiger partial charge is 0.269 e. The van der Waals surface area contributed by atoms with Crippen LogP contribution in [0.15, 0.2) is 66.7 Å². The zero-order valence-electron chi connectivity index (χ0n) is 16.0. The molecule has 0 bridgehead atoms. The van der Waals surface area contributed by atoms with Crippen LogP contribution in [0.25, 0.3) is 21.7 Å². The molecule has 0 aliphatic carbocycles. The Morgan fingerprint density at radius 3 is 2.16 bits per heavy atom. The number of non-ortho nitro benzene ring substituents is 1. The minimum Gasteiger partial charge on any atom is -0.298 e. The molecule has 4 aromatic rings. The average Bonchev–Trinajstić information content (AvgIpc) is 3.17. The Labute approximate surface area is 201 Å². The summed E-state index contributed by atoms with van der Waals surface area (Å²) in [7, 11) is 0. The van der Waals surface area contributed by atoms with Gasteiger partial charge in [-0.3, -0.25) is 20.2 Å². The number of nitrogens with one attached hydrogen (secondary N) is 1. The first-order valence-electron chi connectivity index (χ1n) is 9.10. The summed E-state index contributed by atoms with van der Waals surface area (Å²) in [6.07, 6.45) is 0. The minimum absolute atomic E-state index is 0.0165. The van der Waals surface area contributed by atoms with E-state index in [4.69, 9.17) is 34.8 Å². The Balaban J connectivity index is 1.74. The van der Waals surface area contributed by atoms with E-state index in [2.05, 4.69) is 10.3 Å². The number of benzene rings is 3. The number of nitrogens with zero attached hydrogens (tertiary/aromatic N) is 2. The maximum Gasteiger partial charge on any atom is 0.269 e. The Hall–Kier alpha value is -2.97. The third-order valence-corrected chi connectivity index (χ3v) is 6.30. The first-order chi connectivity index (χ1) is 15.3. The highest BCUT2D eigenvalue weighted by atomic mass is 35.5. The molecule has 0 unspecified atom stereocenters. The number of carbonyl (C=O) groups excluding carboxylic acids is 1. The van der Waals surface area contributed by atoms with Crippen molar-refractivity contribution in [3.05, 3.63) is 97.5 Å². The predicted molar refractivity (Wildman–Crippen MR) is 129 cm³/mol. The van der Waals surface area contributed by atoms with E-state index in [0.29, 0.717) is 20.9 Å². The fourth-order valence-corrected chi connectivity index (χ4v) is 4.55. The monoisotopic (exact) mass is 503 g/mol. The molecule has 32 heavy (non-hydrogen) atoms. The van der Waals surface area contributed by atoms with E-state index in [-0.39, 0.29) is 16.3 Å². The summed E-state index contributed by atoms with van der Waals surface area (Å²) < 4.78 is 0. The van der Waals surface area contributed by atoms with Crippen molar-refractivity contribution in [3.8, 4) is 21.7 Å². The number of rotatable bonds is 5. The fraction of sp³-hybridized carbons (Fsp3) is 0. The Morgan fingerprint density at radius 2 is 1.53 bits per heavy atom. The van der Waals surface area contributed by atoms with Crippen LogP contribution < -0.4 is 5.32 Å². The molecule has 0 spiro atoms. The molecule has 0 fully saturated rings. The van der Waals surface area contributed by atoms with Gasteiger partial charge in [-0.2, -0.15) is 0 Å². The molecule has 160 valence electrons. The van der Waals surface area contributed by atoms with Gasteiger partial charge >= 0.3 is 0 Å². The van der Waals surface area contributed by atoms with Gasteiger partial charge in [0.25, 0.3) is 11.6 Å². The number of thiazole rings is 1. The quantitative estimate of drug-likeness (QED) is 0.224. The predicted octanol–water partition coefficient (Wildman–Crippen LogP) is 7.60. The molecule has 0 aliphatic heterocycles. The highest BCUT2D eigenvalue weighted by molar-refractivity contribution is 7.19. The van der Waals surface area contributed by atoms with Crippen molar-refractivity contribution in [3.63, 3.8) is 0 Å². The molecule has 1 aromatic heterocycles. The van der Waals surface area contributed by atoms with Crippen molar-refractivity contribution in [2.24, 2.45) is 0 Å². The zero-order valence-corrected chi connectivity index (χ0v) is 19.1. The average molecular weight is 505 g/mol. The molecule has 4 rings (SSSR count). The van der Waals surface area contributed by atoms with Gasteiger partial charge in [0.2, 0.25) is 0 Å². The van der Waals surface area contributed by atoms with Crippen LogP contribution in [-0.2, 0) is 0 Å². The van der Waals surface area contributed by atoms with Crippen LogP contribution in [-0.4, -0.2) is 15.8 Å². The summed E-state index contributed by atoms with van der Waals surface area (Å²) in [4.78, 5) is 28.6. The van der Waals surface area contributed by atoms with Gasteiger partial charge in [-0.05, 0) is 48.0 Å². The van der Waals surface area contributed by atoms with E-state index >= 15 is 0 Å². The van der Waals surface area contributed by atoms with Crippen LogP contribution >= 0.6 is 46.1 Å². The lowest BCUT2D eigenvalue weighted by molar-refractivity contribution is -0.384. The number of nitro groups is 1. The van der Waals surface area contributed by atoms with Crippen molar-refractivity contribution in [1.82, 2.24) is 4.98 Å². The highest BCUT2D eigenvalue weighted by Crippen LogP contribution is 2.40. The standard InChI is InChI=1S/C22H12Cl3N3O3S/c23-14-5-1-12(2-6-14)19-20(13-3-8-16(9-4-13)28(30)31)32-22(26-19)27-21(29)17-10-7-15(24)11-18(17)25/h1-11H,(H,26,27,29). The number of hydrogen-bond donors (Lipinski definition) is 1. The van der Waals surface area contributed by atoms with Crippen molar-refractivity contribution >= 4 is 62.9 Å². The molecule has 1 amide bonds. The van der Waals surface area contributed by atoms with Gasteiger partial charge in [-0.25, -0.2) is 4.98 Å². The summed E-state index contributed by atoms with van der Waals surface area (Å²) in [6, 6.07) is 17.8. The maximum atomic E-state index is 12.7. The normalized spacial score (nSPS) is 10.7. The number of amides is 1. The Bertz CT molecular complexity index is 1320. The Morgan fingerprint density at radius 1 is 0.906 bits per heavy atom. The lowest BCUT2D eigenvalue weighted by Crippen LogP contribution is -2.12. The minimum atomic E-state index is -0.460. The van der Waals surface area contributed by atoms with Crippen LogP contribution in [0.3, 0.4) is 0 Å². The molecular weight excluding hydrogens is 493 g/mol. The molecule has 6 nitrogen and oxygen atoms in total. The summed E-state index contributed by atoms with van der Waals surface area (Å²) >= 11 is 19.3. The Kier molecular flexibility index (Phi) is 6.43. The van der Waals surface area contributed by atoms with Gasteiger partial charge in [-0.15, -0.1) is 0 Å². The molecule has 3 aromatic carbocycles. The summed E-state index contributed by atoms with van der Waals surface area (Å²) in [6.45, 7) is 0. The fourth-order valence-electron chi connectivity index (χ4n) is 2.95. The lowest BCUT2D eigenvalue weighted by Gasteiger charge is -2.04. The maximum absolute atomic E-state index is 12.7. The number of halogens is 3. The zero-order chi connectivity index (χ0) is 22.8. The van der Waals surface area contributed by atoms with Crippen molar-refractivity contribution in [2.75, 3.05) is 5.32 Å². The molecule has 1 N–H and O–H groups in total. The van der Waals surface area contributed by atoms with Gasteiger partial charge in [0.1, 0.15) is 0 Å². The second-order valence-electron chi connectivity index (χ2n) is 6.59. The first-order valence-corrected chi connectivity index (χ1v) is 11.0. The lowest BCUT2D eigenvalue weighted by atomic mass is 10.1. The second kappa shape index (κ2) is 9.26. The number of hydrogen-bond acceptors (Lipinski definition) is 5. The molecular formula is C22H12Cl3N3O3S.